The van der Waals surface area contributed by atoms with Gasteiger partial charge in [0, 0.05) is 31.9 Å². The minimum atomic E-state index is -0.562. The average Bonchev–Trinajstić information content (AvgIpc) is 2.92. The summed E-state index contributed by atoms with van der Waals surface area (Å²) in [6, 6.07) is 27.6. The minimum Gasteiger partial charge on any atom is -0.468 e. The van der Waals surface area contributed by atoms with E-state index in [1.54, 1.807) is 0 Å². The van der Waals surface area contributed by atoms with Gasteiger partial charge in [-0.3, -0.25) is 9.69 Å². The highest BCUT2D eigenvalue weighted by molar-refractivity contribution is 5.83. The zero-order valence-electron chi connectivity index (χ0n) is 21.4. The van der Waals surface area contributed by atoms with Gasteiger partial charge < -0.3 is 9.64 Å². The number of piperazine rings is 1. The summed E-state index contributed by atoms with van der Waals surface area (Å²) in [5.41, 5.74) is 5.69. The smallest absolute Gasteiger partial charge is 0.316 e. The maximum atomic E-state index is 12.9. The summed E-state index contributed by atoms with van der Waals surface area (Å²) in [5.74, 6) is -0.121. The molecule has 0 bridgehead atoms. The van der Waals surface area contributed by atoms with E-state index < -0.39 is 5.41 Å². The first-order valence-electron chi connectivity index (χ1n) is 12.8. The number of anilines is 1. The van der Waals surface area contributed by atoms with E-state index in [2.05, 4.69) is 84.3 Å². The van der Waals surface area contributed by atoms with Gasteiger partial charge >= 0.3 is 5.97 Å². The first-order valence-corrected chi connectivity index (χ1v) is 12.8. The summed E-state index contributed by atoms with van der Waals surface area (Å²) >= 11 is 0. The van der Waals surface area contributed by atoms with Crippen LogP contribution in [0.4, 0.5) is 5.69 Å². The molecule has 4 heteroatoms. The van der Waals surface area contributed by atoms with Gasteiger partial charge in [-0.1, -0.05) is 73.7 Å². The molecule has 1 unspecified atom stereocenters. The number of esters is 1. The molecule has 0 amide bonds. The number of carbonyl (C=O) groups is 1. The maximum absolute atomic E-state index is 12.9. The third-order valence-corrected chi connectivity index (χ3v) is 7.62. The van der Waals surface area contributed by atoms with Gasteiger partial charge in [-0.15, -0.1) is 0 Å². The van der Waals surface area contributed by atoms with Crippen LogP contribution in [0.25, 0.3) is 11.1 Å². The van der Waals surface area contributed by atoms with Gasteiger partial charge in [0.15, 0.2) is 0 Å². The lowest BCUT2D eigenvalue weighted by molar-refractivity contribution is -0.148. The molecule has 1 aliphatic heterocycles. The summed E-state index contributed by atoms with van der Waals surface area (Å²) in [4.78, 5) is 17.9. The van der Waals surface area contributed by atoms with Crippen molar-refractivity contribution in [3.05, 3.63) is 90.0 Å². The highest BCUT2D eigenvalue weighted by Crippen LogP contribution is 2.35. The van der Waals surface area contributed by atoms with Crippen molar-refractivity contribution in [2.45, 2.75) is 38.5 Å². The summed E-state index contributed by atoms with van der Waals surface area (Å²) in [7, 11) is 1.50. The van der Waals surface area contributed by atoms with E-state index >= 15 is 0 Å². The Morgan fingerprint density at radius 2 is 1.63 bits per heavy atom. The van der Waals surface area contributed by atoms with Crippen molar-refractivity contribution in [3.8, 4) is 11.1 Å². The van der Waals surface area contributed by atoms with Crippen molar-refractivity contribution in [1.29, 1.82) is 0 Å². The van der Waals surface area contributed by atoms with E-state index in [4.69, 9.17) is 4.74 Å². The topological polar surface area (TPSA) is 32.8 Å². The Kier molecular flexibility index (Phi) is 8.25. The van der Waals surface area contributed by atoms with Crippen molar-refractivity contribution in [2.24, 2.45) is 0 Å². The molecule has 0 aromatic heterocycles. The fraction of sp³-hybridized carbons (Fsp3) is 0.387. The fourth-order valence-electron chi connectivity index (χ4n) is 5.44. The summed E-state index contributed by atoms with van der Waals surface area (Å²) < 4.78 is 5.26. The Bertz CT molecular complexity index is 1110. The van der Waals surface area contributed by atoms with Crippen LogP contribution in [0.3, 0.4) is 0 Å². The van der Waals surface area contributed by atoms with E-state index in [1.807, 2.05) is 18.2 Å². The second-order valence-electron chi connectivity index (χ2n) is 9.59. The van der Waals surface area contributed by atoms with E-state index in [-0.39, 0.29) is 5.97 Å². The number of rotatable bonds is 9. The van der Waals surface area contributed by atoms with Crippen LogP contribution in [0.1, 0.15) is 37.3 Å². The van der Waals surface area contributed by atoms with E-state index in [9.17, 15) is 4.79 Å². The zero-order valence-corrected chi connectivity index (χ0v) is 21.4. The van der Waals surface area contributed by atoms with Gasteiger partial charge in [-0.2, -0.15) is 0 Å². The molecule has 35 heavy (non-hydrogen) atoms. The van der Waals surface area contributed by atoms with Crippen LogP contribution >= 0.6 is 0 Å². The van der Waals surface area contributed by atoms with Gasteiger partial charge in [0.1, 0.15) is 0 Å². The van der Waals surface area contributed by atoms with Crippen LogP contribution in [0.15, 0.2) is 78.9 Å². The Morgan fingerprint density at radius 3 is 2.31 bits per heavy atom. The number of ether oxygens (including phenoxy) is 1. The van der Waals surface area contributed by atoms with Crippen molar-refractivity contribution in [3.63, 3.8) is 0 Å². The number of aryl methyl sites for hydroxylation is 1. The van der Waals surface area contributed by atoms with Gasteiger partial charge in [-0.25, -0.2) is 0 Å². The number of benzene rings is 3. The molecular formula is C31H38N2O2. The molecule has 4 rings (SSSR count). The van der Waals surface area contributed by atoms with Gasteiger partial charge in [0.25, 0.3) is 0 Å². The Hall–Kier alpha value is -3.11. The van der Waals surface area contributed by atoms with Crippen molar-refractivity contribution >= 4 is 11.7 Å². The summed E-state index contributed by atoms with van der Waals surface area (Å²) in [6.07, 6.45) is 2.52. The molecule has 0 saturated carbocycles. The molecular weight excluding hydrogens is 432 g/mol. The van der Waals surface area contributed by atoms with E-state index in [0.29, 0.717) is 0 Å². The molecule has 184 valence electrons. The minimum absolute atomic E-state index is 0.121. The van der Waals surface area contributed by atoms with Crippen LogP contribution in [-0.2, 0) is 14.9 Å². The largest absolute Gasteiger partial charge is 0.468 e. The third kappa shape index (κ3) is 5.59. The van der Waals surface area contributed by atoms with Crippen LogP contribution in [0.2, 0.25) is 0 Å². The molecule has 4 nitrogen and oxygen atoms in total. The highest BCUT2D eigenvalue weighted by Gasteiger charge is 2.39. The standard InChI is InChI=1S/C31H38N2O2/c1-4-31(30(34)35-3,27-14-6-5-7-15-27)18-11-19-32-20-22-33(23-21-32)28-16-10-13-26(24-28)29-17-9-8-12-25(29)2/h5-10,12-17,24H,4,11,18-23H2,1-3H3. The van der Waals surface area contributed by atoms with Crippen LogP contribution < -0.4 is 4.90 Å². The monoisotopic (exact) mass is 470 g/mol. The summed E-state index contributed by atoms with van der Waals surface area (Å²) in [5, 5.41) is 0. The molecule has 1 saturated heterocycles. The van der Waals surface area contributed by atoms with Crippen LogP contribution in [0.5, 0.6) is 0 Å². The predicted octanol–water partition coefficient (Wildman–Crippen LogP) is 6.09. The first-order chi connectivity index (χ1) is 17.1. The molecule has 1 heterocycles. The molecule has 1 atom stereocenters. The highest BCUT2D eigenvalue weighted by atomic mass is 16.5. The number of methoxy groups -OCH3 is 1. The Balaban J connectivity index is 1.35. The van der Waals surface area contributed by atoms with Gasteiger partial charge in [0.05, 0.1) is 12.5 Å². The molecule has 1 fully saturated rings. The normalized spacial score (nSPS) is 16.0. The lowest BCUT2D eigenvalue weighted by Gasteiger charge is -2.37. The van der Waals surface area contributed by atoms with E-state index in [0.717, 1.165) is 57.5 Å². The Morgan fingerprint density at radius 1 is 0.914 bits per heavy atom. The van der Waals surface area contributed by atoms with Gasteiger partial charge in [0.2, 0.25) is 0 Å². The zero-order chi connectivity index (χ0) is 24.7. The quantitative estimate of drug-likeness (QED) is 0.355. The average molecular weight is 471 g/mol. The summed E-state index contributed by atoms with van der Waals surface area (Å²) in [6.45, 7) is 9.38. The lowest BCUT2D eigenvalue weighted by atomic mass is 9.74. The SMILES string of the molecule is CCC(CCCN1CCN(c2cccc(-c3ccccc3C)c2)CC1)(C(=O)OC)c1ccccc1. The van der Waals surface area contributed by atoms with Crippen molar-refractivity contribution < 1.29 is 9.53 Å². The number of carbonyl (C=O) groups excluding carboxylic acids is 1. The third-order valence-electron chi connectivity index (χ3n) is 7.62. The first kappa shape index (κ1) is 25.0. The molecule has 0 radical (unpaired) electrons. The predicted molar refractivity (Wildman–Crippen MR) is 145 cm³/mol. The number of nitrogens with zero attached hydrogens (tertiary/aromatic N) is 2. The van der Waals surface area contributed by atoms with Crippen LogP contribution in [-0.4, -0.2) is 50.7 Å². The molecule has 3 aromatic carbocycles. The van der Waals surface area contributed by atoms with Crippen LogP contribution in [0, 0.1) is 6.92 Å². The van der Waals surface area contributed by atoms with E-state index in [1.165, 1.54) is 29.5 Å². The number of hydrogen-bond donors (Lipinski definition) is 0. The molecule has 0 spiro atoms. The fourth-order valence-corrected chi connectivity index (χ4v) is 5.44. The molecule has 1 aliphatic rings. The second-order valence-corrected chi connectivity index (χ2v) is 9.59. The van der Waals surface area contributed by atoms with Crippen molar-refractivity contribution in [2.75, 3.05) is 44.7 Å². The number of hydrogen-bond acceptors (Lipinski definition) is 4. The lowest BCUT2D eigenvalue weighted by Crippen LogP contribution is -2.47. The van der Waals surface area contributed by atoms with Gasteiger partial charge in [-0.05, 0) is 67.1 Å². The molecule has 0 N–H and O–H groups in total. The van der Waals surface area contributed by atoms with Crippen molar-refractivity contribution in [1.82, 2.24) is 4.90 Å². The molecule has 3 aromatic rings. The molecule has 0 aliphatic carbocycles. The maximum Gasteiger partial charge on any atom is 0.316 e. The second kappa shape index (κ2) is 11.5. The Labute approximate surface area is 210 Å².